The Bertz CT molecular complexity index is 604. The molecule has 2 N–H and O–H groups in total. The summed E-state index contributed by atoms with van der Waals surface area (Å²) in [5.74, 6) is 0.252. The van der Waals surface area contributed by atoms with E-state index in [-0.39, 0.29) is 17.4 Å². The summed E-state index contributed by atoms with van der Waals surface area (Å²) in [7, 11) is -7.00. The smallest absolute Gasteiger partial charge is 0.273 e. The van der Waals surface area contributed by atoms with Gasteiger partial charge in [0, 0.05) is 12.8 Å². The molecule has 0 atom stereocenters. The van der Waals surface area contributed by atoms with E-state index in [2.05, 4.69) is 10.0 Å². The highest BCUT2D eigenvalue weighted by Gasteiger charge is 2.18. The second kappa shape index (κ2) is 6.51. The quantitative estimate of drug-likeness (QED) is 0.683. The van der Waals surface area contributed by atoms with Gasteiger partial charge in [0.15, 0.2) is 0 Å². The molecular weight excluding hydrogens is 292 g/mol. The lowest BCUT2D eigenvalue weighted by atomic mass is 10.4. The van der Waals surface area contributed by atoms with Gasteiger partial charge in [0.25, 0.3) is 10.0 Å². The van der Waals surface area contributed by atoms with Gasteiger partial charge in [0.2, 0.25) is 5.09 Å². The lowest BCUT2D eigenvalue weighted by Gasteiger charge is -2.03. The Labute approximate surface area is 113 Å². The molecular formula is C10H18N2O5S2. The van der Waals surface area contributed by atoms with Crippen LogP contribution in [0.15, 0.2) is 21.6 Å². The van der Waals surface area contributed by atoms with E-state index in [4.69, 9.17) is 4.42 Å². The summed E-state index contributed by atoms with van der Waals surface area (Å²) in [6.45, 7) is 2.93. The Balaban J connectivity index is 2.64. The van der Waals surface area contributed by atoms with Crippen LogP contribution in [0, 0.1) is 0 Å². The van der Waals surface area contributed by atoms with Gasteiger partial charge in [-0.1, -0.05) is 6.92 Å². The van der Waals surface area contributed by atoms with Crippen molar-refractivity contribution in [2.24, 2.45) is 0 Å². The van der Waals surface area contributed by atoms with Crippen molar-refractivity contribution in [1.29, 1.82) is 0 Å². The van der Waals surface area contributed by atoms with E-state index in [9.17, 15) is 16.8 Å². The SMILES string of the molecule is CCNCc1ccc(S(=O)(=O)NCCS(C)(=O)=O)o1. The van der Waals surface area contributed by atoms with Crippen LogP contribution in [0.25, 0.3) is 0 Å². The molecule has 1 aromatic rings. The van der Waals surface area contributed by atoms with Crippen molar-refractivity contribution in [3.05, 3.63) is 17.9 Å². The lowest BCUT2D eigenvalue weighted by molar-refractivity contribution is 0.402. The summed E-state index contributed by atoms with van der Waals surface area (Å²) in [5, 5.41) is 2.79. The Morgan fingerprint density at radius 3 is 2.47 bits per heavy atom. The molecule has 1 heterocycles. The minimum absolute atomic E-state index is 0.176. The van der Waals surface area contributed by atoms with Gasteiger partial charge >= 0.3 is 0 Å². The van der Waals surface area contributed by atoms with E-state index >= 15 is 0 Å². The first-order valence-corrected chi connectivity index (χ1v) is 9.26. The lowest BCUT2D eigenvalue weighted by Crippen LogP contribution is -2.28. The molecule has 0 saturated heterocycles. The van der Waals surface area contributed by atoms with Gasteiger partial charge in [-0.2, -0.15) is 0 Å². The highest BCUT2D eigenvalue weighted by molar-refractivity contribution is 7.91. The second-order valence-corrected chi connectivity index (χ2v) is 7.99. The fourth-order valence-electron chi connectivity index (χ4n) is 1.28. The highest BCUT2D eigenvalue weighted by Crippen LogP contribution is 2.13. The molecule has 0 fully saturated rings. The van der Waals surface area contributed by atoms with Crippen LogP contribution in [0.4, 0.5) is 0 Å². The summed E-state index contributed by atoms with van der Waals surface area (Å²) in [4.78, 5) is 0. The molecule has 0 amide bonds. The van der Waals surface area contributed by atoms with Crippen LogP contribution >= 0.6 is 0 Å². The van der Waals surface area contributed by atoms with E-state index in [1.807, 2.05) is 6.92 Å². The zero-order valence-electron chi connectivity index (χ0n) is 10.8. The molecule has 0 saturated carbocycles. The standard InChI is InChI=1S/C10H18N2O5S2/c1-3-11-8-9-4-5-10(17-9)19(15,16)12-6-7-18(2,13)14/h4-5,11-12H,3,6-8H2,1-2H3. The first kappa shape index (κ1) is 16.2. The van der Waals surface area contributed by atoms with Crippen LogP contribution in [0.5, 0.6) is 0 Å². The number of hydrogen-bond acceptors (Lipinski definition) is 6. The molecule has 0 aliphatic rings. The normalized spacial score (nSPS) is 12.7. The number of rotatable bonds is 8. The average Bonchev–Trinajstić information content (AvgIpc) is 2.73. The minimum Gasteiger partial charge on any atom is -0.447 e. The Morgan fingerprint density at radius 1 is 1.21 bits per heavy atom. The van der Waals surface area contributed by atoms with Crippen LogP contribution in [-0.4, -0.2) is 41.9 Å². The maximum absolute atomic E-state index is 11.8. The number of hydrogen-bond donors (Lipinski definition) is 2. The third-order valence-electron chi connectivity index (χ3n) is 2.22. The van der Waals surface area contributed by atoms with Crippen molar-refractivity contribution in [2.75, 3.05) is 25.1 Å². The van der Waals surface area contributed by atoms with E-state index in [1.165, 1.54) is 6.07 Å². The number of sulfone groups is 1. The molecule has 0 aliphatic carbocycles. The van der Waals surface area contributed by atoms with Crippen LogP contribution in [-0.2, 0) is 26.4 Å². The first-order chi connectivity index (χ1) is 8.74. The molecule has 0 aliphatic heterocycles. The van der Waals surface area contributed by atoms with Gasteiger partial charge in [-0.05, 0) is 18.7 Å². The summed E-state index contributed by atoms with van der Waals surface area (Å²) < 4.78 is 52.7. The van der Waals surface area contributed by atoms with E-state index in [1.54, 1.807) is 6.07 Å². The molecule has 9 heteroatoms. The maximum atomic E-state index is 11.8. The third kappa shape index (κ3) is 5.72. The molecule has 1 aromatic heterocycles. The zero-order valence-corrected chi connectivity index (χ0v) is 12.5. The highest BCUT2D eigenvalue weighted by atomic mass is 32.2. The molecule has 0 aromatic carbocycles. The van der Waals surface area contributed by atoms with Gasteiger partial charge in [-0.3, -0.25) is 0 Å². The predicted octanol–water partition coefficient (Wildman–Crippen LogP) is -0.288. The topological polar surface area (TPSA) is 105 Å². The maximum Gasteiger partial charge on any atom is 0.273 e. The fraction of sp³-hybridized carbons (Fsp3) is 0.600. The van der Waals surface area contributed by atoms with E-state index < -0.39 is 19.9 Å². The van der Waals surface area contributed by atoms with Crippen molar-refractivity contribution < 1.29 is 21.3 Å². The molecule has 1 rings (SSSR count). The summed E-state index contributed by atoms with van der Waals surface area (Å²) in [5.41, 5.74) is 0. The molecule has 0 radical (unpaired) electrons. The molecule has 110 valence electrons. The average molecular weight is 310 g/mol. The van der Waals surface area contributed by atoms with Crippen LogP contribution in [0.2, 0.25) is 0 Å². The molecule has 19 heavy (non-hydrogen) atoms. The molecule has 0 spiro atoms. The largest absolute Gasteiger partial charge is 0.447 e. The van der Waals surface area contributed by atoms with Crippen LogP contribution in [0.3, 0.4) is 0 Å². The fourth-order valence-corrected chi connectivity index (χ4v) is 2.86. The monoisotopic (exact) mass is 310 g/mol. The van der Waals surface area contributed by atoms with Gasteiger partial charge in [0.05, 0.1) is 12.3 Å². The van der Waals surface area contributed by atoms with Gasteiger partial charge in [-0.25, -0.2) is 21.6 Å². The van der Waals surface area contributed by atoms with Crippen LogP contribution in [0.1, 0.15) is 12.7 Å². The van der Waals surface area contributed by atoms with E-state index in [0.717, 1.165) is 12.8 Å². The van der Waals surface area contributed by atoms with Crippen molar-refractivity contribution in [3.63, 3.8) is 0 Å². The Hall–Kier alpha value is -0.900. The van der Waals surface area contributed by atoms with E-state index in [0.29, 0.717) is 12.3 Å². The Kier molecular flexibility index (Phi) is 5.53. The molecule has 7 nitrogen and oxygen atoms in total. The number of nitrogens with one attached hydrogen (secondary N) is 2. The summed E-state index contributed by atoms with van der Waals surface area (Å²) in [6, 6.07) is 2.91. The summed E-state index contributed by atoms with van der Waals surface area (Å²) in [6.07, 6.45) is 1.04. The van der Waals surface area contributed by atoms with Crippen LogP contribution < -0.4 is 10.0 Å². The number of sulfonamides is 1. The first-order valence-electron chi connectivity index (χ1n) is 5.71. The second-order valence-electron chi connectivity index (χ2n) is 4.03. The van der Waals surface area contributed by atoms with Crippen molar-refractivity contribution in [3.8, 4) is 0 Å². The predicted molar refractivity (Wildman–Crippen MR) is 71.0 cm³/mol. The van der Waals surface area contributed by atoms with Crippen molar-refractivity contribution in [1.82, 2.24) is 10.0 Å². The number of furan rings is 1. The molecule has 0 bridgehead atoms. The third-order valence-corrected chi connectivity index (χ3v) is 4.50. The summed E-state index contributed by atoms with van der Waals surface area (Å²) >= 11 is 0. The zero-order chi connectivity index (χ0) is 14.5. The minimum atomic E-state index is -3.80. The molecule has 0 unspecified atom stereocenters. The van der Waals surface area contributed by atoms with Gasteiger partial charge < -0.3 is 9.73 Å². The Morgan fingerprint density at radius 2 is 1.89 bits per heavy atom. The van der Waals surface area contributed by atoms with Crippen molar-refractivity contribution >= 4 is 19.9 Å². The van der Waals surface area contributed by atoms with Gasteiger partial charge in [0.1, 0.15) is 15.6 Å². The van der Waals surface area contributed by atoms with Gasteiger partial charge in [-0.15, -0.1) is 0 Å². The van der Waals surface area contributed by atoms with Crippen molar-refractivity contribution in [2.45, 2.75) is 18.6 Å².